The predicted molar refractivity (Wildman–Crippen MR) is 92.4 cm³/mol. The molecule has 3 N–H and O–H groups in total. The summed E-state index contributed by atoms with van der Waals surface area (Å²) in [4.78, 5) is 23.1. The van der Waals surface area contributed by atoms with Gasteiger partial charge in [-0.2, -0.15) is 0 Å². The minimum atomic E-state index is -0.528. The monoisotopic (exact) mass is 337 g/mol. The van der Waals surface area contributed by atoms with Crippen molar-refractivity contribution in [3.63, 3.8) is 0 Å². The fourth-order valence-corrected chi connectivity index (χ4v) is 2.11. The number of methoxy groups -OCH3 is 1. The van der Waals surface area contributed by atoms with Crippen molar-refractivity contribution in [2.75, 3.05) is 20.8 Å². The van der Waals surface area contributed by atoms with E-state index in [1.165, 1.54) is 7.05 Å². The van der Waals surface area contributed by atoms with Gasteiger partial charge in [-0.25, -0.2) is 4.79 Å². The molecule has 24 heavy (non-hydrogen) atoms. The average Bonchev–Trinajstić information content (AvgIpc) is 2.59. The van der Waals surface area contributed by atoms with E-state index in [2.05, 4.69) is 16.0 Å². The molecule has 0 aromatic heterocycles. The summed E-state index contributed by atoms with van der Waals surface area (Å²) >= 11 is 0. The number of carbonyl (C=O) groups excluding carboxylic acids is 2. The van der Waals surface area contributed by atoms with Crippen LogP contribution in [0.1, 0.15) is 38.8 Å². The fourth-order valence-electron chi connectivity index (χ4n) is 2.11. The summed E-state index contributed by atoms with van der Waals surface area (Å²) < 4.78 is 11.0. The number of nitrogens with one attached hydrogen (secondary N) is 3. The lowest BCUT2D eigenvalue weighted by Gasteiger charge is -2.21. The predicted octanol–water partition coefficient (Wildman–Crippen LogP) is 1.98. The molecule has 0 aliphatic heterocycles. The van der Waals surface area contributed by atoms with E-state index in [9.17, 15) is 9.59 Å². The number of rotatable bonds is 8. The zero-order chi connectivity index (χ0) is 18.1. The summed E-state index contributed by atoms with van der Waals surface area (Å²) in [6.45, 7) is 6.30. The first-order valence-electron chi connectivity index (χ1n) is 8.02. The molecule has 0 saturated carbocycles. The molecule has 134 valence electrons. The van der Waals surface area contributed by atoms with Crippen molar-refractivity contribution in [2.45, 2.75) is 39.3 Å². The number of benzene rings is 1. The number of hydrogen-bond donors (Lipinski definition) is 3. The maximum absolute atomic E-state index is 11.9. The van der Waals surface area contributed by atoms with Crippen molar-refractivity contribution >= 4 is 11.9 Å². The van der Waals surface area contributed by atoms with Crippen LogP contribution >= 0.6 is 0 Å². The zero-order valence-corrected chi connectivity index (χ0v) is 14.9. The molecule has 0 bridgehead atoms. The van der Waals surface area contributed by atoms with Crippen molar-refractivity contribution in [1.82, 2.24) is 16.0 Å². The molecule has 0 aliphatic carbocycles. The molecule has 2 atom stereocenters. The molecule has 7 nitrogen and oxygen atoms in total. The fraction of sp³-hybridized carbons (Fsp3) is 0.529. The molecule has 0 radical (unpaired) electrons. The summed E-state index contributed by atoms with van der Waals surface area (Å²) in [5.74, 6) is 0.953. The normalized spacial score (nSPS) is 12.9. The lowest BCUT2D eigenvalue weighted by Crippen LogP contribution is -2.47. The molecule has 1 aromatic carbocycles. The van der Waals surface area contributed by atoms with Crippen molar-refractivity contribution < 1.29 is 19.1 Å². The van der Waals surface area contributed by atoms with Gasteiger partial charge in [0, 0.05) is 13.1 Å². The van der Waals surface area contributed by atoms with Gasteiger partial charge >= 0.3 is 6.03 Å². The Morgan fingerprint density at radius 2 is 1.92 bits per heavy atom. The Morgan fingerprint density at radius 3 is 2.50 bits per heavy atom. The number of carbonyl (C=O) groups is 2. The van der Waals surface area contributed by atoms with E-state index in [1.807, 2.05) is 32.0 Å². The van der Waals surface area contributed by atoms with Gasteiger partial charge in [0.1, 0.15) is 0 Å². The molecular formula is C17H27N3O4. The van der Waals surface area contributed by atoms with E-state index in [-0.39, 0.29) is 6.04 Å². The Morgan fingerprint density at radius 1 is 1.21 bits per heavy atom. The van der Waals surface area contributed by atoms with Crippen molar-refractivity contribution in [2.24, 2.45) is 0 Å². The van der Waals surface area contributed by atoms with Crippen LogP contribution in [0, 0.1) is 0 Å². The van der Waals surface area contributed by atoms with E-state index in [1.54, 1.807) is 14.0 Å². The van der Waals surface area contributed by atoms with Gasteiger partial charge < -0.3 is 14.8 Å². The van der Waals surface area contributed by atoms with Crippen LogP contribution in [0.15, 0.2) is 18.2 Å². The third kappa shape index (κ3) is 5.73. The third-order valence-electron chi connectivity index (χ3n) is 3.51. The van der Waals surface area contributed by atoms with Crippen LogP contribution in [-0.4, -0.2) is 38.7 Å². The summed E-state index contributed by atoms with van der Waals surface area (Å²) in [6, 6.07) is 4.50. The molecule has 2 unspecified atom stereocenters. The standard InChI is InChI=1S/C17H27N3O4/c1-6-9-24-14-8-7-13(10-15(14)23-5)11(2)19-12(3)16(21)20-17(22)18-4/h7-8,10-12,19H,6,9H2,1-5H3,(H2,18,20,21,22). The lowest BCUT2D eigenvalue weighted by molar-refractivity contribution is -0.121. The maximum Gasteiger partial charge on any atom is 0.321 e. The van der Waals surface area contributed by atoms with E-state index < -0.39 is 18.0 Å². The molecule has 0 spiro atoms. The highest BCUT2D eigenvalue weighted by Crippen LogP contribution is 2.30. The van der Waals surface area contributed by atoms with E-state index in [0.717, 1.165) is 12.0 Å². The molecule has 0 saturated heterocycles. The van der Waals surface area contributed by atoms with Crippen LogP contribution in [0.25, 0.3) is 0 Å². The second-order valence-electron chi connectivity index (χ2n) is 5.44. The second-order valence-corrected chi connectivity index (χ2v) is 5.44. The lowest BCUT2D eigenvalue weighted by atomic mass is 10.1. The highest BCUT2D eigenvalue weighted by atomic mass is 16.5. The zero-order valence-electron chi connectivity index (χ0n) is 14.9. The van der Waals surface area contributed by atoms with Crippen LogP contribution in [0.3, 0.4) is 0 Å². The largest absolute Gasteiger partial charge is 0.493 e. The summed E-state index contributed by atoms with van der Waals surface area (Å²) in [5.41, 5.74) is 0.954. The summed E-state index contributed by atoms with van der Waals surface area (Å²) in [7, 11) is 3.05. The van der Waals surface area contributed by atoms with E-state index >= 15 is 0 Å². The molecular weight excluding hydrogens is 310 g/mol. The number of urea groups is 1. The average molecular weight is 337 g/mol. The highest BCUT2D eigenvalue weighted by molar-refractivity contribution is 5.96. The van der Waals surface area contributed by atoms with Crippen LogP contribution in [0.2, 0.25) is 0 Å². The number of imide groups is 1. The Hall–Kier alpha value is -2.28. The van der Waals surface area contributed by atoms with Gasteiger partial charge in [-0.3, -0.25) is 15.4 Å². The molecule has 7 heteroatoms. The Labute approximate surface area is 143 Å². The molecule has 0 aliphatic rings. The van der Waals surface area contributed by atoms with Crippen molar-refractivity contribution in [1.29, 1.82) is 0 Å². The van der Waals surface area contributed by atoms with Gasteiger partial charge in [-0.1, -0.05) is 13.0 Å². The van der Waals surface area contributed by atoms with Crippen LogP contribution in [-0.2, 0) is 4.79 Å². The summed E-state index contributed by atoms with van der Waals surface area (Å²) in [6.07, 6.45) is 0.917. The second kappa shape index (κ2) is 9.77. The number of hydrogen-bond acceptors (Lipinski definition) is 5. The smallest absolute Gasteiger partial charge is 0.321 e. The van der Waals surface area contributed by atoms with E-state index in [0.29, 0.717) is 18.1 Å². The molecule has 1 rings (SSSR count). The minimum Gasteiger partial charge on any atom is -0.493 e. The first-order valence-corrected chi connectivity index (χ1v) is 8.02. The number of amides is 3. The van der Waals surface area contributed by atoms with Crippen molar-refractivity contribution in [3.8, 4) is 11.5 Å². The van der Waals surface area contributed by atoms with Crippen LogP contribution in [0.4, 0.5) is 4.79 Å². The Bertz CT molecular complexity index is 563. The van der Waals surface area contributed by atoms with Crippen LogP contribution < -0.4 is 25.4 Å². The Balaban J connectivity index is 2.74. The van der Waals surface area contributed by atoms with Gasteiger partial charge in [-0.05, 0) is 38.0 Å². The van der Waals surface area contributed by atoms with Gasteiger partial charge in [0.25, 0.3) is 0 Å². The van der Waals surface area contributed by atoms with Gasteiger partial charge in [-0.15, -0.1) is 0 Å². The first-order chi connectivity index (χ1) is 11.4. The first kappa shape index (κ1) is 19.8. The van der Waals surface area contributed by atoms with Gasteiger partial charge in [0.05, 0.1) is 19.8 Å². The quantitative estimate of drug-likeness (QED) is 0.675. The van der Waals surface area contributed by atoms with Crippen molar-refractivity contribution in [3.05, 3.63) is 23.8 Å². The molecule has 1 aromatic rings. The molecule has 0 fully saturated rings. The maximum atomic E-state index is 11.9. The SMILES string of the molecule is CCCOc1ccc(C(C)NC(C)C(=O)NC(=O)NC)cc1OC. The minimum absolute atomic E-state index is 0.107. The van der Waals surface area contributed by atoms with Gasteiger partial charge in [0.15, 0.2) is 11.5 Å². The Kier molecular flexibility index (Phi) is 8.05. The topological polar surface area (TPSA) is 88.7 Å². The molecule has 3 amide bonds. The van der Waals surface area contributed by atoms with Crippen LogP contribution in [0.5, 0.6) is 11.5 Å². The number of ether oxygens (including phenoxy) is 2. The molecule has 0 heterocycles. The summed E-state index contributed by atoms with van der Waals surface area (Å²) in [5, 5.41) is 7.74. The van der Waals surface area contributed by atoms with Gasteiger partial charge in [0.2, 0.25) is 5.91 Å². The van der Waals surface area contributed by atoms with E-state index in [4.69, 9.17) is 9.47 Å². The highest BCUT2D eigenvalue weighted by Gasteiger charge is 2.19. The third-order valence-corrected chi connectivity index (χ3v) is 3.51.